The molecule has 0 aliphatic carbocycles. The summed E-state index contributed by atoms with van der Waals surface area (Å²) in [5, 5.41) is 12.0. The number of aromatic nitrogens is 2. The van der Waals surface area contributed by atoms with Crippen LogP contribution in [0.25, 0.3) is 11.3 Å². The van der Waals surface area contributed by atoms with Gasteiger partial charge >= 0.3 is 0 Å². The number of nitrogens with one attached hydrogen (secondary N) is 1. The van der Waals surface area contributed by atoms with Crippen molar-refractivity contribution in [3.63, 3.8) is 0 Å². The largest absolute Gasteiger partial charge is 0.312 e. The van der Waals surface area contributed by atoms with Crippen molar-refractivity contribution in [3.05, 3.63) is 82.5 Å². The summed E-state index contributed by atoms with van der Waals surface area (Å²) in [6, 6.07) is 19.6. The Labute approximate surface area is 142 Å². The quantitative estimate of drug-likeness (QED) is 0.777. The van der Waals surface area contributed by atoms with Crippen LogP contribution in [-0.2, 0) is 6.54 Å². The highest BCUT2D eigenvalue weighted by Crippen LogP contribution is 2.32. The monoisotopic (exact) mass is 315 g/mol. The van der Waals surface area contributed by atoms with Gasteiger partial charge in [0.2, 0.25) is 0 Å². The normalized spacial score (nSPS) is 16.7. The van der Waals surface area contributed by atoms with Crippen LogP contribution in [0.5, 0.6) is 0 Å². The maximum atomic E-state index is 4.31. The molecule has 3 nitrogen and oxygen atoms in total. The van der Waals surface area contributed by atoms with E-state index in [0.717, 1.165) is 30.0 Å². The Balaban J connectivity index is 1.71. The van der Waals surface area contributed by atoms with E-state index in [4.69, 9.17) is 0 Å². The molecule has 1 unspecified atom stereocenters. The number of aryl methyl sites for hydroxylation is 2. The average Bonchev–Trinajstić information content (AvgIpc) is 2.62. The number of hydrogen-bond acceptors (Lipinski definition) is 3. The highest BCUT2D eigenvalue weighted by Gasteiger charge is 2.22. The first kappa shape index (κ1) is 15.0. The minimum Gasteiger partial charge on any atom is -0.312 e. The van der Waals surface area contributed by atoms with Crippen molar-refractivity contribution in [2.24, 2.45) is 0 Å². The van der Waals surface area contributed by atoms with Gasteiger partial charge < -0.3 is 5.32 Å². The molecule has 24 heavy (non-hydrogen) atoms. The van der Waals surface area contributed by atoms with Gasteiger partial charge in [0.1, 0.15) is 0 Å². The Bertz CT molecular complexity index is 851. The predicted molar refractivity (Wildman–Crippen MR) is 96.9 cm³/mol. The summed E-state index contributed by atoms with van der Waals surface area (Å²) in [7, 11) is 0. The first-order chi connectivity index (χ1) is 11.7. The van der Waals surface area contributed by atoms with Gasteiger partial charge in [0.15, 0.2) is 0 Å². The second-order valence-electron chi connectivity index (χ2n) is 6.57. The van der Waals surface area contributed by atoms with Crippen LogP contribution in [-0.4, -0.2) is 16.7 Å². The summed E-state index contributed by atoms with van der Waals surface area (Å²) in [5.74, 6) is 0.410. The maximum Gasteiger partial charge on any atom is 0.0929 e. The van der Waals surface area contributed by atoms with Crippen molar-refractivity contribution >= 4 is 0 Å². The zero-order valence-electron chi connectivity index (χ0n) is 14.1. The van der Waals surface area contributed by atoms with E-state index in [1.807, 2.05) is 19.1 Å². The zero-order valence-corrected chi connectivity index (χ0v) is 14.1. The molecule has 0 bridgehead atoms. The molecular weight excluding hydrogens is 294 g/mol. The lowest BCUT2D eigenvalue weighted by Gasteiger charge is -2.27. The third-order valence-electron chi connectivity index (χ3n) is 4.76. The van der Waals surface area contributed by atoms with Crippen molar-refractivity contribution in [3.8, 4) is 11.3 Å². The molecular formula is C21H21N3. The summed E-state index contributed by atoms with van der Waals surface area (Å²) in [6.45, 7) is 5.98. The van der Waals surface area contributed by atoms with Gasteiger partial charge in [0, 0.05) is 24.6 Å². The van der Waals surface area contributed by atoms with Crippen LogP contribution in [0.3, 0.4) is 0 Å². The molecule has 4 rings (SSSR count). The SMILES string of the molecule is Cc1ccc(C2CNCc3cc(-c4ccc(C)nn4)ccc32)cc1. The van der Waals surface area contributed by atoms with Crippen molar-refractivity contribution in [2.75, 3.05) is 6.54 Å². The van der Waals surface area contributed by atoms with Crippen LogP contribution in [0.2, 0.25) is 0 Å². The highest BCUT2D eigenvalue weighted by molar-refractivity contribution is 5.61. The fraction of sp³-hybridized carbons (Fsp3) is 0.238. The molecule has 1 aliphatic rings. The third kappa shape index (κ3) is 2.83. The van der Waals surface area contributed by atoms with Crippen LogP contribution in [0.1, 0.15) is 33.9 Å². The predicted octanol–water partition coefficient (Wildman–Crippen LogP) is 4.00. The van der Waals surface area contributed by atoms with E-state index >= 15 is 0 Å². The van der Waals surface area contributed by atoms with E-state index in [1.165, 1.54) is 22.3 Å². The van der Waals surface area contributed by atoms with E-state index in [0.29, 0.717) is 5.92 Å². The second-order valence-corrected chi connectivity index (χ2v) is 6.57. The smallest absolute Gasteiger partial charge is 0.0929 e. The van der Waals surface area contributed by atoms with E-state index in [2.05, 4.69) is 64.9 Å². The van der Waals surface area contributed by atoms with Crippen molar-refractivity contribution < 1.29 is 0 Å². The Morgan fingerprint density at radius 1 is 0.917 bits per heavy atom. The van der Waals surface area contributed by atoms with Gasteiger partial charge in [-0.2, -0.15) is 10.2 Å². The zero-order chi connectivity index (χ0) is 16.5. The van der Waals surface area contributed by atoms with Gasteiger partial charge in [-0.05, 0) is 48.7 Å². The number of benzene rings is 2. The molecule has 1 aromatic heterocycles. The van der Waals surface area contributed by atoms with Gasteiger partial charge in [-0.15, -0.1) is 0 Å². The number of fused-ring (bicyclic) bond motifs is 1. The lowest BCUT2D eigenvalue weighted by atomic mass is 9.84. The van der Waals surface area contributed by atoms with Crippen LogP contribution in [0, 0.1) is 13.8 Å². The molecule has 1 aliphatic heterocycles. The topological polar surface area (TPSA) is 37.8 Å². The molecule has 0 spiro atoms. The first-order valence-corrected chi connectivity index (χ1v) is 8.41. The summed E-state index contributed by atoms with van der Waals surface area (Å²) in [4.78, 5) is 0. The van der Waals surface area contributed by atoms with Crippen LogP contribution in [0.4, 0.5) is 0 Å². The van der Waals surface area contributed by atoms with Crippen molar-refractivity contribution in [1.29, 1.82) is 0 Å². The van der Waals surface area contributed by atoms with E-state index in [9.17, 15) is 0 Å². The maximum absolute atomic E-state index is 4.31. The minimum atomic E-state index is 0.410. The molecule has 0 radical (unpaired) electrons. The molecule has 2 heterocycles. The van der Waals surface area contributed by atoms with Gasteiger partial charge in [-0.25, -0.2) is 0 Å². The van der Waals surface area contributed by atoms with Gasteiger partial charge in [0.25, 0.3) is 0 Å². The van der Waals surface area contributed by atoms with Gasteiger partial charge in [0.05, 0.1) is 11.4 Å². The number of hydrogen-bond donors (Lipinski definition) is 1. The van der Waals surface area contributed by atoms with Crippen molar-refractivity contribution in [2.45, 2.75) is 26.3 Å². The molecule has 0 amide bonds. The molecule has 1 atom stereocenters. The number of rotatable bonds is 2. The molecule has 3 heteroatoms. The third-order valence-corrected chi connectivity index (χ3v) is 4.76. The summed E-state index contributed by atoms with van der Waals surface area (Å²) >= 11 is 0. The van der Waals surface area contributed by atoms with E-state index in [-0.39, 0.29) is 0 Å². The second kappa shape index (κ2) is 6.17. The van der Waals surface area contributed by atoms with Crippen LogP contribution >= 0.6 is 0 Å². The molecule has 0 saturated heterocycles. The summed E-state index contributed by atoms with van der Waals surface area (Å²) < 4.78 is 0. The molecule has 1 N–H and O–H groups in total. The average molecular weight is 315 g/mol. The fourth-order valence-electron chi connectivity index (χ4n) is 3.37. The highest BCUT2D eigenvalue weighted by atomic mass is 15.1. The first-order valence-electron chi connectivity index (χ1n) is 8.41. The van der Waals surface area contributed by atoms with Crippen LogP contribution in [0.15, 0.2) is 54.6 Å². The van der Waals surface area contributed by atoms with Crippen LogP contribution < -0.4 is 5.32 Å². The van der Waals surface area contributed by atoms with E-state index < -0.39 is 0 Å². The Morgan fingerprint density at radius 3 is 2.50 bits per heavy atom. The Kier molecular flexibility index (Phi) is 3.87. The standard InChI is InChI=1S/C21H21N3/c1-14-3-6-16(7-4-14)20-13-22-12-18-11-17(8-9-19(18)20)21-10-5-15(2)23-24-21/h3-11,20,22H,12-13H2,1-2H3. The van der Waals surface area contributed by atoms with Gasteiger partial charge in [-0.3, -0.25) is 0 Å². The minimum absolute atomic E-state index is 0.410. The molecule has 0 saturated carbocycles. The molecule has 2 aromatic carbocycles. The summed E-state index contributed by atoms with van der Waals surface area (Å²) in [6.07, 6.45) is 0. The molecule has 3 aromatic rings. The fourth-order valence-corrected chi connectivity index (χ4v) is 3.37. The van der Waals surface area contributed by atoms with Gasteiger partial charge in [-0.1, -0.05) is 42.0 Å². The molecule has 0 fully saturated rings. The lowest BCUT2D eigenvalue weighted by Crippen LogP contribution is -2.28. The lowest BCUT2D eigenvalue weighted by molar-refractivity contribution is 0.591. The summed E-state index contributed by atoms with van der Waals surface area (Å²) in [5.41, 5.74) is 8.45. The Morgan fingerprint density at radius 2 is 1.75 bits per heavy atom. The number of nitrogens with zero attached hydrogens (tertiary/aromatic N) is 2. The van der Waals surface area contributed by atoms with E-state index in [1.54, 1.807) is 0 Å². The molecule has 120 valence electrons. The Hall–Kier alpha value is -2.52. The van der Waals surface area contributed by atoms with Crippen molar-refractivity contribution in [1.82, 2.24) is 15.5 Å².